The summed E-state index contributed by atoms with van der Waals surface area (Å²) in [5, 5.41) is 8.66. The van der Waals surface area contributed by atoms with Crippen LogP contribution in [0.1, 0.15) is 21.7 Å². The van der Waals surface area contributed by atoms with E-state index in [1.54, 1.807) is 6.07 Å². The van der Waals surface area contributed by atoms with Crippen LogP contribution in [0.3, 0.4) is 0 Å². The van der Waals surface area contributed by atoms with E-state index in [1.165, 1.54) is 12.1 Å². The number of hydrogen-bond donors (Lipinski definition) is 2. The zero-order chi connectivity index (χ0) is 14.0. The molecule has 1 aromatic heterocycles. The SMILES string of the molecule is O=C(O)c1cnc(Cc2cccc(Cl)c2F)[nH]c1=O. The molecule has 1 aromatic carbocycles. The summed E-state index contributed by atoms with van der Waals surface area (Å²) in [5.41, 5.74) is -0.978. The second kappa shape index (κ2) is 5.19. The Morgan fingerprint density at radius 2 is 2.21 bits per heavy atom. The van der Waals surface area contributed by atoms with Crippen LogP contribution in [0.2, 0.25) is 5.02 Å². The Bertz CT molecular complexity index is 700. The van der Waals surface area contributed by atoms with Gasteiger partial charge in [-0.3, -0.25) is 4.79 Å². The highest BCUT2D eigenvalue weighted by molar-refractivity contribution is 6.30. The standard InChI is InChI=1S/C12H8ClFN2O3/c13-8-3-1-2-6(10(8)14)4-9-15-5-7(12(18)19)11(17)16-9/h1-3,5H,4H2,(H,18,19)(H,15,16,17). The lowest BCUT2D eigenvalue weighted by Crippen LogP contribution is -2.20. The molecule has 0 aliphatic heterocycles. The molecule has 0 bridgehead atoms. The molecule has 0 amide bonds. The van der Waals surface area contributed by atoms with Crippen molar-refractivity contribution in [3.8, 4) is 0 Å². The number of nitrogens with one attached hydrogen (secondary N) is 1. The molecule has 7 heteroatoms. The Morgan fingerprint density at radius 3 is 2.84 bits per heavy atom. The van der Waals surface area contributed by atoms with Gasteiger partial charge in [-0.05, 0) is 11.6 Å². The molecule has 98 valence electrons. The average molecular weight is 283 g/mol. The van der Waals surface area contributed by atoms with E-state index < -0.39 is 22.9 Å². The highest BCUT2D eigenvalue weighted by atomic mass is 35.5. The Labute approximate surface area is 111 Å². The molecule has 2 aromatic rings. The van der Waals surface area contributed by atoms with E-state index in [4.69, 9.17) is 16.7 Å². The third-order valence-corrected chi connectivity index (χ3v) is 2.76. The Kier molecular flexibility index (Phi) is 3.62. The summed E-state index contributed by atoms with van der Waals surface area (Å²) in [7, 11) is 0. The normalized spacial score (nSPS) is 10.4. The second-order valence-electron chi connectivity index (χ2n) is 3.77. The predicted molar refractivity (Wildman–Crippen MR) is 66.0 cm³/mol. The number of H-pyrrole nitrogens is 1. The zero-order valence-corrected chi connectivity index (χ0v) is 10.2. The minimum atomic E-state index is -1.37. The molecule has 0 aliphatic carbocycles. The number of carboxylic acids is 1. The summed E-state index contributed by atoms with van der Waals surface area (Å²) in [6.45, 7) is 0. The van der Waals surface area contributed by atoms with E-state index in [1.807, 2.05) is 0 Å². The van der Waals surface area contributed by atoms with Crippen LogP contribution >= 0.6 is 11.6 Å². The van der Waals surface area contributed by atoms with E-state index in [2.05, 4.69) is 9.97 Å². The molecule has 5 nitrogen and oxygen atoms in total. The highest BCUT2D eigenvalue weighted by Gasteiger charge is 2.12. The quantitative estimate of drug-likeness (QED) is 0.900. The lowest BCUT2D eigenvalue weighted by Gasteiger charge is -2.04. The molecule has 0 unspecified atom stereocenters. The van der Waals surface area contributed by atoms with Crippen LogP contribution in [-0.4, -0.2) is 21.0 Å². The summed E-state index contributed by atoms with van der Waals surface area (Å²) in [6, 6.07) is 4.49. The van der Waals surface area contributed by atoms with Crippen LogP contribution in [0.5, 0.6) is 0 Å². The Balaban J connectivity index is 2.34. The van der Waals surface area contributed by atoms with Crippen LogP contribution in [0, 0.1) is 5.82 Å². The maximum absolute atomic E-state index is 13.6. The van der Waals surface area contributed by atoms with Crippen molar-refractivity contribution in [1.29, 1.82) is 0 Å². The number of aromatic carboxylic acids is 1. The summed E-state index contributed by atoms with van der Waals surface area (Å²) >= 11 is 5.63. The summed E-state index contributed by atoms with van der Waals surface area (Å²) in [4.78, 5) is 28.2. The molecule has 0 radical (unpaired) electrons. The van der Waals surface area contributed by atoms with Gasteiger partial charge in [-0.1, -0.05) is 23.7 Å². The van der Waals surface area contributed by atoms with Crippen molar-refractivity contribution in [3.05, 3.63) is 62.5 Å². The molecule has 0 spiro atoms. The summed E-state index contributed by atoms with van der Waals surface area (Å²) < 4.78 is 13.6. The first-order chi connectivity index (χ1) is 8.99. The molecule has 0 aliphatic rings. The van der Waals surface area contributed by atoms with Gasteiger partial charge in [0.05, 0.1) is 5.02 Å². The third kappa shape index (κ3) is 2.79. The van der Waals surface area contributed by atoms with E-state index in [0.717, 1.165) is 6.20 Å². The van der Waals surface area contributed by atoms with E-state index in [9.17, 15) is 14.0 Å². The van der Waals surface area contributed by atoms with Gasteiger partial charge in [0.25, 0.3) is 5.56 Å². The third-order valence-electron chi connectivity index (χ3n) is 2.47. The number of carboxylic acid groups (broad SMARTS) is 1. The van der Waals surface area contributed by atoms with Gasteiger partial charge in [-0.25, -0.2) is 14.2 Å². The highest BCUT2D eigenvalue weighted by Crippen LogP contribution is 2.19. The van der Waals surface area contributed by atoms with Crippen molar-refractivity contribution in [3.63, 3.8) is 0 Å². The summed E-state index contributed by atoms with van der Waals surface area (Å²) in [6.07, 6.45) is 0.959. The second-order valence-corrected chi connectivity index (χ2v) is 4.17. The number of carbonyl (C=O) groups is 1. The van der Waals surface area contributed by atoms with Gasteiger partial charge in [0.15, 0.2) is 0 Å². The van der Waals surface area contributed by atoms with E-state index >= 15 is 0 Å². The lowest BCUT2D eigenvalue weighted by molar-refractivity contribution is 0.0694. The van der Waals surface area contributed by atoms with Crippen molar-refractivity contribution in [2.45, 2.75) is 6.42 Å². The van der Waals surface area contributed by atoms with Crippen molar-refractivity contribution >= 4 is 17.6 Å². The number of rotatable bonds is 3. The van der Waals surface area contributed by atoms with Gasteiger partial charge in [0.2, 0.25) is 0 Å². The van der Waals surface area contributed by atoms with Crippen molar-refractivity contribution in [2.24, 2.45) is 0 Å². The maximum Gasteiger partial charge on any atom is 0.342 e. The van der Waals surface area contributed by atoms with Crippen molar-refractivity contribution in [2.75, 3.05) is 0 Å². The first-order valence-corrected chi connectivity index (χ1v) is 5.61. The minimum Gasteiger partial charge on any atom is -0.477 e. The molecule has 0 saturated carbocycles. The monoisotopic (exact) mass is 282 g/mol. The smallest absolute Gasteiger partial charge is 0.342 e. The number of benzene rings is 1. The predicted octanol–water partition coefficient (Wildman–Crippen LogP) is 1.85. The number of aromatic amines is 1. The maximum atomic E-state index is 13.6. The molecule has 0 saturated heterocycles. The molecular weight excluding hydrogens is 275 g/mol. The topological polar surface area (TPSA) is 83.0 Å². The van der Waals surface area contributed by atoms with Crippen LogP contribution in [0.25, 0.3) is 0 Å². The molecule has 2 rings (SSSR count). The molecule has 0 fully saturated rings. The minimum absolute atomic E-state index is 0.0154. The van der Waals surface area contributed by atoms with Gasteiger partial charge < -0.3 is 10.1 Å². The van der Waals surface area contributed by atoms with Crippen LogP contribution in [0.15, 0.2) is 29.2 Å². The zero-order valence-electron chi connectivity index (χ0n) is 9.48. The van der Waals surface area contributed by atoms with Gasteiger partial charge in [0, 0.05) is 12.6 Å². The van der Waals surface area contributed by atoms with Gasteiger partial charge >= 0.3 is 5.97 Å². The molecular formula is C12H8ClFN2O3. The average Bonchev–Trinajstić information content (AvgIpc) is 2.34. The van der Waals surface area contributed by atoms with Gasteiger partial charge in [0.1, 0.15) is 17.2 Å². The molecule has 1 heterocycles. The van der Waals surface area contributed by atoms with Crippen molar-refractivity contribution in [1.82, 2.24) is 9.97 Å². The van der Waals surface area contributed by atoms with E-state index in [-0.39, 0.29) is 22.8 Å². The molecule has 19 heavy (non-hydrogen) atoms. The number of nitrogens with zero attached hydrogens (tertiary/aromatic N) is 1. The fourth-order valence-electron chi connectivity index (χ4n) is 1.54. The van der Waals surface area contributed by atoms with Crippen LogP contribution < -0.4 is 5.56 Å². The number of halogens is 2. The number of aromatic nitrogens is 2. The fourth-order valence-corrected chi connectivity index (χ4v) is 1.73. The first-order valence-electron chi connectivity index (χ1n) is 5.23. The van der Waals surface area contributed by atoms with Crippen LogP contribution in [0.4, 0.5) is 4.39 Å². The lowest BCUT2D eigenvalue weighted by atomic mass is 10.1. The first kappa shape index (κ1) is 13.2. The van der Waals surface area contributed by atoms with Crippen molar-refractivity contribution < 1.29 is 14.3 Å². The Morgan fingerprint density at radius 1 is 1.47 bits per heavy atom. The summed E-state index contributed by atoms with van der Waals surface area (Å²) in [5.74, 6) is -1.79. The Hall–Kier alpha value is -2.21. The van der Waals surface area contributed by atoms with E-state index in [0.29, 0.717) is 0 Å². The fraction of sp³-hybridized carbons (Fsp3) is 0.0833. The molecule has 2 N–H and O–H groups in total. The largest absolute Gasteiger partial charge is 0.477 e. The van der Waals surface area contributed by atoms with Gasteiger partial charge in [-0.15, -0.1) is 0 Å². The molecule has 0 atom stereocenters. The van der Waals surface area contributed by atoms with Crippen LogP contribution in [-0.2, 0) is 6.42 Å². The number of hydrogen-bond acceptors (Lipinski definition) is 3. The van der Waals surface area contributed by atoms with Gasteiger partial charge in [-0.2, -0.15) is 0 Å².